The Morgan fingerprint density at radius 3 is 2.68 bits per heavy atom. The average molecular weight is 359 g/mol. The number of carbonyl (C=O) groups is 1. The topological polar surface area (TPSA) is 69.9 Å². The Bertz CT molecular complexity index is 967. The highest BCUT2D eigenvalue weighted by molar-refractivity contribution is 6.30. The fraction of sp³-hybridized carbons (Fsp3) is 0.167. The Kier molecular flexibility index (Phi) is 5.00. The molecule has 2 aromatic heterocycles. The minimum Gasteiger partial charge on any atom is -0.497 e. The Morgan fingerprint density at radius 2 is 1.96 bits per heavy atom. The minimum atomic E-state index is -0.400. The molecule has 0 aliphatic carbocycles. The van der Waals surface area contributed by atoms with Crippen LogP contribution in [0.5, 0.6) is 5.75 Å². The van der Waals surface area contributed by atoms with Crippen LogP contribution in [0, 0.1) is 0 Å². The summed E-state index contributed by atoms with van der Waals surface area (Å²) >= 11 is 5.86. The first-order valence-electron chi connectivity index (χ1n) is 7.51. The summed E-state index contributed by atoms with van der Waals surface area (Å²) in [5.41, 5.74) is 1.36. The first-order chi connectivity index (χ1) is 12.0. The van der Waals surface area contributed by atoms with Gasteiger partial charge in [-0.15, -0.1) is 0 Å². The lowest BCUT2D eigenvalue weighted by molar-refractivity contribution is -0.144. The fourth-order valence-electron chi connectivity index (χ4n) is 2.32. The maximum Gasteiger partial charge on any atom is 0.310 e. The predicted octanol–water partition coefficient (Wildman–Crippen LogP) is 2.64. The van der Waals surface area contributed by atoms with Crippen molar-refractivity contribution in [3.05, 3.63) is 75.3 Å². The standard InChI is InChI=1S/C18H15ClN2O4/c1-24-15-5-2-12(3-6-15)8-18(23)25-11-14-9-17(22)21-10-13(19)4-7-16(21)20-14/h2-7,9-10H,8,11H2,1H3. The molecular formula is C18H15ClN2O4. The number of aromatic nitrogens is 2. The number of pyridine rings is 1. The molecule has 0 spiro atoms. The van der Waals surface area contributed by atoms with Crippen molar-refractivity contribution in [2.24, 2.45) is 0 Å². The number of fused-ring (bicyclic) bond motifs is 1. The molecule has 0 atom stereocenters. The molecule has 3 aromatic rings. The molecule has 0 fully saturated rings. The van der Waals surface area contributed by atoms with Gasteiger partial charge in [-0.25, -0.2) is 4.98 Å². The molecule has 3 rings (SSSR count). The van der Waals surface area contributed by atoms with Crippen molar-refractivity contribution in [3.8, 4) is 5.75 Å². The molecule has 0 amide bonds. The largest absolute Gasteiger partial charge is 0.497 e. The zero-order chi connectivity index (χ0) is 17.8. The number of ether oxygens (including phenoxy) is 2. The van der Waals surface area contributed by atoms with Gasteiger partial charge in [0.15, 0.2) is 0 Å². The number of hydrogen-bond donors (Lipinski definition) is 0. The van der Waals surface area contributed by atoms with E-state index in [1.165, 1.54) is 16.7 Å². The predicted molar refractivity (Wildman–Crippen MR) is 93.0 cm³/mol. The van der Waals surface area contributed by atoms with E-state index in [-0.39, 0.29) is 18.6 Å². The van der Waals surface area contributed by atoms with Gasteiger partial charge in [0.25, 0.3) is 5.56 Å². The molecule has 1 aromatic carbocycles. The van der Waals surface area contributed by atoms with Crippen molar-refractivity contribution in [3.63, 3.8) is 0 Å². The number of benzene rings is 1. The molecule has 0 radical (unpaired) electrons. The molecule has 0 saturated carbocycles. The van der Waals surface area contributed by atoms with Crippen molar-refractivity contribution in [2.75, 3.05) is 7.11 Å². The van der Waals surface area contributed by atoms with Crippen LogP contribution in [0.4, 0.5) is 0 Å². The van der Waals surface area contributed by atoms with Crippen molar-refractivity contribution in [2.45, 2.75) is 13.0 Å². The van der Waals surface area contributed by atoms with Gasteiger partial charge >= 0.3 is 5.97 Å². The summed E-state index contributed by atoms with van der Waals surface area (Å²) in [4.78, 5) is 28.3. The molecule has 128 valence electrons. The zero-order valence-corrected chi connectivity index (χ0v) is 14.2. The van der Waals surface area contributed by atoms with Gasteiger partial charge in [0, 0.05) is 12.3 Å². The second-order valence-electron chi connectivity index (χ2n) is 5.35. The number of nitrogens with zero attached hydrogens (tertiary/aromatic N) is 2. The van der Waals surface area contributed by atoms with Crippen LogP contribution in [-0.2, 0) is 22.6 Å². The van der Waals surface area contributed by atoms with E-state index in [1.807, 2.05) is 0 Å². The molecule has 25 heavy (non-hydrogen) atoms. The molecule has 0 unspecified atom stereocenters. The van der Waals surface area contributed by atoms with E-state index < -0.39 is 5.97 Å². The zero-order valence-electron chi connectivity index (χ0n) is 13.4. The van der Waals surface area contributed by atoms with Crippen LogP contribution in [0.1, 0.15) is 11.3 Å². The summed E-state index contributed by atoms with van der Waals surface area (Å²) in [5, 5.41) is 0.440. The van der Waals surface area contributed by atoms with Gasteiger partial charge < -0.3 is 9.47 Å². The lowest BCUT2D eigenvalue weighted by Gasteiger charge is -2.07. The van der Waals surface area contributed by atoms with E-state index in [1.54, 1.807) is 43.5 Å². The van der Waals surface area contributed by atoms with Crippen molar-refractivity contribution in [1.82, 2.24) is 9.38 Å². The van der Waals surface area contributed by atoms with Gasteiger partial charge in [0.2, 0.25) is 0 Å². The molecule has 0 N–H and O–H groups in total. The van der Waals surface area contributed by atoms with Crippen LogP contribution in [0.25, 0.3) is 5.65 Å². The monoisotopic (exact) mass is 358 g/mol. The summed E-state index contributed by atoms with van der Waals surface area (Å²) in [5.74, 6) is 0.321. The second-order valence-corrected chi connectivity index (χ2v) is 5.78. The molecule has 7 heteroatoms. The number of halogens is 1. The third kappa shape index (κ3) is 4.16. The summed E-state index contributed by atoms with van der Waals surface area (Å²) in [7, 11) is 1.58. The molecule has 6 nitrogen and oxygen atoms in total. The number of carbonyl (C=O) groups excluding carboxylic acids is 1. The van der Waals surface area contributed by atoms with Crippen LogP contribution in [0.15, 0.2) is 53.5 Å². The van der Waals surface area contributed by atoms with Crippen LogP contribution >= 0.6 is 11.6 Å². The van der Waals surface area contributed by atoms with E-state index >= 15 is 0 Å². The normalized spacial score (nSPS) is 10.6. The van der Waals surface area contributed by atoms with Gasteiger partial charge in [-0.05, 0) is 29.8 Å². The summed E-state index contributed by atoms with van der Waals surface area (Å²) in [6.07, 6.45) is 1.62. The third-order valence-corrected chi connectivity index (χ3v) is 3.79. The van der Waals surface area contributed by atoms with E-state index in [0.29, 0.717) is 16.4 Å². The quantitative estimate of drug-likeness (QED) is 0.656. The summed E-state index contributed by atoms with van der Waals surface area (Å²) in [6.45, 7) is -0.0661. The van der Waals surface area contributed by atoms with Crippen molar-refractivity contribution in [1.29, 1.82) is 0 Å². The highest BCUT2D eigenvalue weighted by Crippen LogP contribution is 2.12. The highest BCUT2D eigenvalue weighted by Gasteiger charge is 2.08. The molecular weight excluding hydrogens is 344 g/mol. The van der Waals surface area contributed by atoms with E-state index in [4.69, 9.17) is 21.1 Å². The number of methoxy groups -OCH3 is 1. The summed E-state index contributed by atoms with van der Waals surface area (Å²) < 4.78 is 11.6. The van der Waals surface area contributed by atoms with Gasteiger partial charge in [-0.1, -0.05) is 23.7 Å². The SMILES string of the molecule is COc1ccc(CC(=O)OCc2cc(=O)n3cc(Cl)ccc3n2)cc1. The van der Waals surface area contributed by atoms with Crippen molar-refractivity contribution < 1.29 is 14.3 Å². The first kappa shape index (κ1) is 17.0. The van der Waals surface area contributed by atoms with Crippen LogP contribution in [0.2, 0.25) is 5.02 Å². The summed E-state index contributed by atoms with van der Waals surface area (Å²) in [6, 6.07) is 11.7. The fourth-order valence-corrected chi connectivity index (χ4v) is 2.48. The maximum absolute atomic E-state index is 12.1. The molecule has 0 saturated heterocycles. The van der Waals surface area contributed by atoms with E-state index in [9.17, 15) is 9.59 Å². The van der Waals surface area contributed by atoms with Crippen LogP contribution < -0.4 is 10.3 Å². The Balaban J connectivity index is 1.66. The molecule has 0 aliphatic heterocycles. The van der Waals surface area contributed by atoms with E-state index in [0.717, 1.165) is 11.3 Å². The lowest BCUT2D eigenvalue weighted by Crippen LogP contribution is -2.17. The van der Waals surface area contributed by atoms with Crippen LogP contribution in [0.3, 0.4) is 0 Å². The third-order valence-electron chi connectivity index (χ3n) is 3.57. The lowest BCUT2D eigenvalue weighted by atomic mass is 10.1. The minimum absolute atomic E-state index is 0.0661. The molecule has 0 aliphatic rings. The number of hydrogen-bond acceptors (Lipinski definition) is 5. The number of esters is 1. The Morgan fingerprint density at radius 1 is 1.20 bits per heavy atom. The van der Waals surface area contributed by atoms with Gasteiger partial charge in [-0.2, -0.15) is 0 Å². The van der Waals surface area contributed by atoms with Gasteiger partial charge in [0.05, 0.1) is 24.2 Å². The van der Waals surface area contributed by atoms with Gasteiger partial charge in [-0.3, -0.25) is 14.0 Å². The molecule has 0 bridgehead atoms. The number of rotatable bonds is 5. The second kappa shape index (κ2) is 7.36. The molecule has 2 heterocycles. The average Bonchev–Trinajstić information content (AvgIpc) is 2.61. The van der Waals surface area contributed by atoms with E-state index in [2.05, 4.69) is 4.98 Å². The van der Waals surface area contributed by atoms with Gasteiger partial charge in [0.1, 0.15) is 18.0 Å². The highest BCUT2D eigenvalue weighted by atomic mass is 35.5. The smallest absolute Gasteiger partial charge is 0.310 e. The first-order valence-corrected chi connectivity index (χ1v) is 7.89. The van der Waals surface area contributed by atoms with Crippen molar-refractivity contribution >= 4 is 23.2 Å². The maximum atomic E-state index is 12.1. The Hall–Kier alpha value is -2.86. The van der Waals surface area contributed by atoms with Crippen LogP contribution in [-0.4, -0.2) is 22.5 Å². The Labute approximate surface area is 148 Å².